The number of carbonyl (C=O) groups is 2. The summed E-state index contributed by atoms with van der Waals surface area (Å²) in [6.45, 7) is 0. The van der Waals surface area contributed by atoms with Gasteiger partial charge >= 0.3 is 0 Å². The number of para-hydroxylation sites is 1. The summed E-state index contributed by atoms with van der Waals surface area (Å²) < 4.78 is 6.72. The molecule has 29 heavy (non-hydrogen) atoms. The SMILES string of the molecule is COc1ccc(NC(=O)c2nc(C(=O)Nc3ccccc3)n3ccccc23)cc1. The third-order valence-electron chi connectivity index (χ3n) is 4.35. The van der Waals surface area contributed by atoms with E-state index in [0.717, 1.165) is 0 Å². The van der Waals surface area contributed by atoms with Gasteiger partial charge in [0, 0.05) is 17.6 Å². The number of rotatable bonds is 5. The van der Waals surface area contributed by atoms with Gasteiger partial charge in [-0.3, -0.25) is 14.0 Å². The third kappa shape index (κ3) is 3.79. The molecule has 7 heteroatoms. The highest BCUT2D eigenvalue weighted by Gasteiger charge is 2.21. The van der Waals surface area contributed by atoms with Gasteiger partial charge in [0.1, 0.15) is 5.75 Å². The van der Waals surface area contributed by atoms with Crippen LogP contribution in [0.25, 0.3) is 5.52 Å². The zero-order chi connectivity index (χ0) is 20.2. The minimum atomic E-state index is -0.405. The molecule has 0 spiro atoms. The molecule has 0 radical (unpaired) electrons. The molecular weight excluding hydrogens is 368 g/mol. The second kappa shape index (κ2) is 7.85. The van der Waals surface area contributed by atoms with E-state index in [-0.39, 0.29) is 11.5 Å². The van der Waals surface area contributed by atoms with Crippen molar-refractivity contribution in [1.82, 2.24) is 9.38 Å². The number of pyridine rings is 1. The highest BCUT2D eigenvalue weighted by atomic mass is 16.5. The van der Waals surface area contributed by atoms with Crippen LogP contribution in [0.15, 0.2) is 79.0 Å². The number of methoxy groups -OCH3 is 1. The van der Waals surface area contributed by atoms with E-state index in [1.54, 1.807) is 72.3 Å². The summed E-state index contributed by atoms with van der Waals surface area (Å²) in [6, 6.07) is 21.4. The molecule has 4 aromatic rings. The summed E-state index contributed by atoms with van der Waals surface area (Å²) in [4.78, 5) is 29.9. The maximum Gasteiger partial charge on any atom is 0.292 e. The smallest absolute Gasteiger partial charge is 0.292 e. The molecule has 0 atom stereocenters. The average Bonchev–Trinajstić information content (AvgIpc) is 3.15. The van der Waals surface area contributed by atoms with E-state index < -0.39 is 11.8 Å². The Morgan fingerprint density at radius 2 is 1.48 bits per heavy atom. The molecule has 0 aliphatic carbocycles. The molecule has 2 N–H and O–H groups in total. The van der Waals surface area contributed by atoms with Crippen LogP contribution in [0, 0.1) is 0 Å². The Balaban J connectivity index is 1.64. The second-order valence-electron chi connectivity index (χ2n) is 6.24. The Bertz CT molecular complexity index is 1170. The van der Waals surface area contributed by atoms with Gasteiger partial charge in [0.2, 0.25) is 5.82 Å². The van der Waals surface area contributed by atoms with Gasteiger partial charge in [-0.1, -0.05) is 24.3 Å². The van der Waals surface area contributed by atoms with Crippen molar-refractivity contribution in [1.29, 1.82) is 0 Å². The molecule has 0 bridgehead atoms. The Morgan fingerprint density at radius 3 is 2.21 bits per heavy atom. The van der Waals surface area contributed by atoms with Gasteiger partial charge in [0.25, 0.3) is 11.8 Å². The summed E-state index contributed by atoms with van der Waals surface area (Å²) in [5, 5.41) is 5.60. The van der Waals surface area contributed by atoms with Crippen molar-refractivity contribution in [2.45, 2.75) is 0 Å². The highest BCUT2D eigenvalue weighted by Crippen LogP contribution is 2.19. The fourth-order valence-corrected chi connectivity index (χ4v) is 2.94. The number of hydrogen-bond acceptors (Lipinski definition) is 4. The van der Waals surface area contributed by atoms with E-state index in [9.17, 15) is 9.59 Å². The van der Waals surface area contributed by atoms with E-state index in [0.29, 0.717) is 22.6 Å². The van der Waals surface area contributed by atoms with Crippen molar-refractivity contribution in [2.24, 2.45) is 0 Å². The molecule has 2 aromatic heterocycles. The molecule has 0 aliphatic heterocycles. The molecule has 7 nitrogen and oxygen atoms in total. The molecule has 144 valence electrons. The maximum absolute atomic E-state index is 12.8. The molecule has 0 unspecified atom stereocenters. The first-order valence-corrected chi connectivity index (χ1v) is 8.94. The van der Waals surface area contributed by atoms with Crippen molar-refractivity contribution in [3.63, 3.8) is 0 Å². The number of benzene rings is 2. The minimum Gasteiger partial charge on any atom is -0.497 e. The summed E-state index contributed by atoms with van der Waals surface area (Å²) in [7, 11) is 1.58. The first kappa shape index (κ1) is 18.2. The summed E-state index contributed by atoms with van der Waals surface area (Å²) in [5.41, 5.74) is 1.95. The zero-order valence-electron chi connectivity index (χ0n) is 15.6. The van der Waals surface area contributed by atoms with E-state index in [4.69, 9.17) is 4.74 Å². The van der Waals surface area contributed by atoms with Gasteiger partial charge in [0.15, 0.2) is 5.69 Å². The second-order valence-corrected chi connectivity index (χ2v) is 6.24. The quantitative estimate of drug-likeness (QED) is 0.546. The lowest BCUT2D eigenvalue weighted by molar-refractivity contribution is 0.101. The lowest BCUT2D eigenvalue weighted by atomic mass is 10.2. The summed E-state index contributed by atoms with van der Waals surface area (Å²) in [5.74, 6) is 0.0122. The fraction of sp³-hybridized carbons (Fsp3) is 0.0455. The predicted octanol–water partition coefficient (Wildman–Crippen LogP) is 3.85. The summed E-state index contributed by atoms with van der Waals surface area (Å²) in [6.07, 6.45) is 1.70. The molecular formula is C22H18N4O3. The standard InChI is InChI=1S/C22H18N4O3/c1-29-17-12-10-16(11-13-17)23-21(27)19-18-9-5-6-14-26(18)20(25-19)22(28)24-15-7-3-2-4-8-15/h2-14H,1H3,(H,23,27)(H,24,28). The number of anilines is 2. The van der Waals surface area contributed by atoms with E-state index in [2.05, 4.69) is 15.6 Å². The number of imidazole rings is 1. The van der Waals surface area contributed by atoms with Gasteiger partial charge in [-0.25, -0.2) is 4.98 Å². The average molecular weight is 386 g/mol. The number of hydrogen-bond donors (Lipinski definition) is 2. The lowest BCUT2D eigenvalue weighted by Crippen LogP contribution is -2.16. The number of nitrogens with one attached hydrogen (secondary N) is 2. The number of carbonyl (C=O) groups excluding carboxylic acids is 2. The molecule has 2 aromatic carbocycles. The number of amides is 2. The van der Waals surface area contributed by atoms with Crippen molar-refractivity contribution < 1.29 is 14.3 Å². The first-order chi connectivity index (χ1) is 14.2. The van der Waals surface area contributed by atoms with Crippen LogP contribution in [0.3, 0.4) is 0 Å². The molecule has 0 saturated carbocycles. The van der Waals surface area contributed by atoms with Gasteiger partial charge in [-0.05, 0) is 48.5 Å². The molecule has 0 saturated heterocycles. The van der Waals surface area contributed by atoms with Crippen LogP contribution in [0.5, 0.6) is 5.75 Å². The number of fused-ring (bicyclic) bond motifs is 1. The number of aromatic nitrogens is 2. The van der Waals surface area contributed by atoms with Crippen molar-refractivity contribution >= 4 is 28.7 Å². The van der Waals surface area contributed by atoms with Gasteiger partial charge < -0.3 is 15.4 Å². The number of nitrogens with zero attached hydrogens (tertiary/aromatic N) is 2. The molecule has 4 rings (SSSR count). The Kier molecular flexibility index (Phi) is 4.94. The lowest BCUT2D eigenvalue weighted by Gasteiger charge is -2.05. The van der Waals surface area contributed by atoms with Crippen molar-refractivity contribution in [2.75, 3.05) is 17.7 Å². The van der Waals surface area contributed by atoms with Crippen LogP contribution in [-0.4, -0.2) is 28.3 Å². The van der Waals surface area contributed by atoms with E-state index >= 15 is 0 Å². The minimum absolute atomic E-state index is 0.129. The normalized spacial score (nSPS) is 10.5. The van der Waals surface area contributed by atoms with Crippen LogP contribution < -0.4 is 15.4 Å². The highest BCUT2D eigenvalue weighted by molar-refractivity contribution is 6.10. The van der Waals surface area contributed by atoms with Gasteiger partial charge in [-0.15, -0.1) is 0 Å². The van der Waals surface area contributed by atoms with E-state index in [1.807, 2.05) is 18.2 Å². The molecule has 2 amide bonds. The van der Waals surface area contributed by atoms with Crippen LogP contribution in [0.4, 0.5) is 11.4 Å². The Hall–Kier alpha value is -4.13. The van der Waals surface area contributed by atoms with Crippen LogP contribution in [-0.2, 0) is 0 Å². The van der Waals surface area contributed by atoms with Crippen LogP contribution in [0.2, 0.25) is 0 Å². The van der Waals surface area contributed by atoms with Crippen molar-refractivity contribution in [3.05, 3.63) is 90.5 Å². The first-order valence-electron chi connectivity index (χ1n) is 8.94. The third-order valence-corrected chi connectivity index (χ3v) is 4.35. The molecule has 2 heterocycles. The van der Waals surface area contributed by atoms with Crippen LogP contribution in [0.1, 0.15) is 21.1 Å². The maximum atomic E-state index is 12.8. The predicted molar refractivity (Wildman–Crippen MR) is 111 cm³/mol. The summed E-state index contributed by atoms with van der Waals surface area (Å²) >= 11 is 0. The molecule has 0 aliphatic rings. The topological polar surface area (TPSA) is 84.7 Å². The van der Waals surface area contributed by atoms with Crippen LogP contribution >= 0.6 is 0 Å². The largest absolute Gasteiger partial charge is 0.497 e. The van der Waals surface area contributed by atoms with Gasteiger partial charge in [0.05, 0.1) is 12.6 Å². The Morgan fingerprint density at radius 1 is 0.828 bits per heavy atom. The zero-order valence-corrected chi connectivity index (χ0v) is 15.6. The Labute approximate surface area is 167 Å². The van der Waals surface area contributed by atoms with Gasteiger partial charge in [-0.2, -0.15) is 0 Å². The van der Waals surface area contributed by atoms with Crippen molar-refractivity contribution in [3.8, 4) is 5.75 Å². The fourth-order valence-electron chi connectivity index (χ4n) is 2.94. The monoisotopic (exact) mass is 386 g/mol. The number of ether oxygens (including phenoxy) is 1. The molecule has 0 fully saturated rings. The van der Waals surface area contributed by atoms with E-state index in [1.165, 1.54) is 0 Å².